The lowest BCUT2D eigenvalue weighted by Gasteiger charge is -2.65. The summed E-state index contributed by atoms with van der Waals surface area (Å²) >= 11 is 0. The highest BCUT2D eigenvalue weighted by atomic mass is 16.6. The van der Waals surface area contributed by atoms with Crippen LogP contribution in [0.2, 0.25) is 0 Å². The van der Waals surface area contributed by atoms with Gasteiger partial charge >= 0.3 is 5.97 Å². The Bertz CT molecular complexity index is 1400. The van der Waals surface area contributed by atoms with E-state index in [0.29, 0.717) is 18.6 Å². The van der Waals surface area contributed by atoms with Gasteiger partial charge in [-0.15, -0.1) is 6.58 Å². The van der Waals surface area contributed by atoms with Gasteiger partial charge in [0.25, 0.3) is 0 Å². The molecule has 2 heterocycles. The van der Waals surface area contributed by atoms with E-state index in [9.17, 15) is 9.59 Å². The first-order valence-corrected chi connectivity index (χ1v) is 14.2. The van der Waals surface area contributed by atoms with Crippen LogP contribution in [0.15, 0.2) is 55.1 Å². The molecule has 0 N–H and O–H groups in total. The predicted molar refractivity (Wildman–Crippen MR) is 153 cm³/mol. The van der Waals surface area contributed by atoms with Gasteiger partial charge < -0.3 is 19.1 Å². The van der Waals surface area contributed by atoms with Gasteiger partial charge in [0.1, 0.15) is 11.7 Å². The predicted octanol–water partition coefficient (Wildman–Crippen LogP) is 4.45. The van der Waals surface area contributed by atoms with Gasteiger partial charge in [0.05, 0.1) is 24.6 Å². The lowest BCUT2D eigenvalue weighted by Crippen LogP contribution is -2.79. The first kappa shape index (κ1) is 26.6. The Morgan fingerprint density at radius 1 is 1.25 bits per heavy atom. The fourth-order valence-electron chi connectivity index (χ4n) is 8.19. The number of carbonyl (C=O) groups excluding carboxylic acids is 2. The first-order valence-electron chi connectivity index (χ1n) is 14.2. The molecule has 7 heteroatoms. The number of likely N-dealkylation sites (N-methyl/N-ethyl adjacent to an activating group) is 1. The summed E-state index contributed by atoms with van der Waals surface area (Å²) in [4.78, 5) is 30.6. The number of aryl methyl sites for hydroxylation is 1. The number of hydrogen-bond acceptors (Lipinski definition) is 6. The number of likely N-dealkylation sites (tertiary alicyclic amines) is 1. The second kappa shape index (κ2) is 9.81. The number of amides is 1. The molecule has 5 atom stereocenters. The number of benzene rings is 2. The lowest BCUT2D eigenvalue weighted by molar-refractivity contribution is -0.222. The smallest absolute Gasteiger partial charge is 0.303 e. The number of piperidine rings is 1. The number of carbonyl (C=O) groups is 2. The zero-order valence-corrected chi connectivity index (χ0v) is 23.8. The minimum atomic E-state index is -0.771. The van der Waals surface area contributed by atoms with Gasteiger partial charge in [0.2, 0.25) is 5.91 Å². The Balaban J connectivity index is 1.44. The van der Waals surface area contributed by atoms with E-state index in [1.165, 1.54) is 12.5 Å². The molecule has 2 aliphatic carbocycles. The van der Waals surface area contributed by atoms with Crippen LogP contribution < -0.4 is 9.47 Å². The summed E-state index contributed by atoms with van der Waals surface area (Å²) in [5, 5.41) is 0. The molecule has 1 saturated heterocycles. The van der Waals surface area contributed by atoms with Crippen LogP contribution in [0.3, 0.4) is 0 Å². The van der Waals surface area contributed by atoms with E-state index in [2.05, 4.69) is 23.6 Å². The van der Waals surface area contributed by atoms with Crippen molar-refractivity contribution in [3.63, 3.8) is 0 Å². The molecule has 210 valence electrons. The lowest BCUT2D eigenvalue weighted by atomic mass is 9.48. The van der Waals surface area contributed by atoms with Gasteiger partial charge in [0, 0.05) is 38.7 Å². The molecule has 7 nitrogen and oxygen atoms in total. The third-order valence-electron chi connectivity index (χ3n) is 9.70. The van der Waals surface area contributed by atoms with Crippen LogP contribution in [0.5, 0.6) is 11.5 Å². The van der Waals surface area contributed by atoms with E-state index in [0.717, 1.165) is 48.4 Å². The Hall–Kier alpha value is -3.58. The van der Waals surface area contributed by atoms with Crippen LogP contribution in [0.4, 0.5) is 0 Å². The molecule has 6 rings (SSSR count). The molecule has 1 saturated carbocycles. The van der Waals surface area contributed by atoms with Crippen molar-refractivity contribution in [3.8, 4) is 11.5 Å². The van der Waals surface area contributed by atoms with Crippen molar-refractivity contribution in [1.82, 2.24) is 9.80 Å². The number of nitrogens with zero attached hydrogens (tertiary/aromatic N) is 2. The molecule has 0 aromatic heterocycles. The molecule has 2 bridgehead atoms. The largest absolute Gasteiger partial charge is 0.493 e. The van der Waals surface area contributed by atoms with Gasteiger partial charge in [-0.25, -0.2) is 0 Å². The second-order valence-electron chi connectivity index (χ2n) is 11.7. The Morgan fingerprint density at radius 3 is 2.80 bits per heavy atom. The van der Waals surface area contributed by atoms with Crippen LogP contribution in [0.25, 0.3) is 6.08 Å². The van der Waals surface area contributed by atoms with E-state index < -0.39 is 11.0 Å². The molecule has 2 aliphatic heterocycles. The number of hydrogen-bond donors (Lipinski definition) is 0. The molecule has 40 heavy (non-hydrogen) atoms. The summed E-state index contributed by atoms with van der Waals surface area (Å²) in [5.41, 5.74) is 3.08. The maximum Gasteiger partial charge on any atom is 0.303 e. The van der Waals surface area contributed by atoms with Gasteiger partial charge in [0.15, 0.2) is 11.5 Å². The van der Waals surface area contributed by atoms with Gasteiger partial charge in [-0.1, -0.05) is 42.0 Å². The molecular weight excluding hydrogens is 504 g/mol. The fourth-order valence-corrected chi connectivity index (χ4v) is 8.19. The Kier molecular flexibility index (Phi) is 6.53. The number of ether oxygens (including phenoxy) is 3. The van der Waals surface area contributed by atoms with Gasteiger partial charge in [-0.05, 0) is 55.9 Å². The zero-order valence-electron chi connectivity index (χ0n) is 23.8. The topological polar surface area (TPSA) is 68.3 Å². The molecule has 2 aromatic carbocycles. The summed E-state index contributed by atoms with van der Waals surface area (Å²) in [6, 6.07) is 12.0. The maximum absolute atomic E-state index is 13.6. The number of esters is 1. The molecular formula is C33H38N2O5. The summed E-state index contributed by atoms with van der Waals surface area (Å²) in [7, 11) is 3.52. The molecule has 4 aliphatic rings. The monoisotopic (exact) mass is 542 g/mol. The number of rotatable bonds is 7. The van der Waals surface area contributed by atoms with Crippen molar-refractivity contribution in [1.29, 1.82) is 0 Å². The maximum atomic E-state index is 13.6. The third kappa shape index (κ3) is 3.74. The average molecular weight is 543 g/mol. The molecule has 2 aromatic rings. The van der Waals surface area contributed by atoms with E-state index in [1.54, 1.807) is 13.2 Å². The van der Waals surface area contributed by atoms with Crippen molar-refractivity contribution >= 4 is 18.0 Å². The molecule has 0 radical (unpaired) electrons. The van der Waals surface area contributed by atoms with E-state index >= 15 is 0 Å². The highest BCUT2D eigenvalue weighted by molar-refractivity contribution is 5.92. The van der Waals surface area contributed by atoms with E-state index in [1.807, 2.05) is 55.3 Å². The summed E-state index contributed by atoms with van der Waals surface area (Å²) in [6.45, 7) is 9.09. The van der Waals surface area contributed by atoms with Gasteiger partial charge in [-0.2, -0.15) is 0 Å². The molecule has 1 amide bonds. The zero-order chi connectivity index (χ0) is 28.2. The quantitative estimate of drug-likeness (QED) is 0.293. The molecule has 2 unspecified atom stereocenters. The fraction of sp³-hybridized carbons (Fsp3) is 0.455. The number of methoxy groups -OCH3 is 1. The summed E-state index contributed by atoms with van der Waals surface area (Å²) in [6.07, 6.45) is 7.87. The van der Waals surface area contributed by atoms with Crippen LogP contribution >= 0.6 is 0 Å². The minimum absolute atomic E-state index is 0.00994. The molecule has 2 fully saturated rings. The SMILES string of the molecule is C=CCN1CC[C@]23c4c5ccc(OC)c4OC2C(N(C)C(=O)/C=C/c2cccc(C)c2)CC[C@@]3(OC(C)=O)[C@H]1C5. The van der Waals surface area contributed by atoms with Crippen molar-refractivity contribution in [3.05, 3.63) is 77.4 Å². The second-order valence-corrected chi connectivity index (χ2v) is 11.7. The highest BCUT2D eigenvalue weighted by Gasteiger charge is 2.75. The van der Waals surface area contributed by atoms with Crippen LogP contribution in [0, 0.1) is 6.92 Å². The van der Waals surface area contributed by atoms with Crippen molar-refractivity contribution in [2.24, 2.45) is 0 Å². The molecule has 1 spiro atoms. The summed E-state index contributed by atoms with van der Waals surface area (Å²) < 4.78 is 19.2. The summed E-state index contributed by atoms with van der Waals surface area (Å²) in [5.74, 6) is 1.05. The first-order chi connectivity index (χ1) is 19.3. The van der Waals surface area contributed by atoms with Crippen molar-refractivity contribution in [2.45, 2.75) is 68.7 Å². The van der Waals surface area contributed by atoms with E-state index in [4.69, 9.17) is 14.2 Å². The van der Waals surface area contributed by atoms with Crippen molar-refractivity contribution < 1.29 is 23.8 Å². The average Bonchev–Trinajstić information content (AvgIpc) is 3.28. The Labute approximate surface area is 236 Å². The standard InChI is InChI=1S/C33H38N2O5/c1-6-17-35-18-16-32-29-24-11-12-26(38-5)30(29)39-31(32)25(14-15-33(32,27(35)20-24)40-22(3)36)34(4)28(37)13-10-23-9-7-8-21(2)19-23/h6-13,19,25,27,31H,1,14-18,20H2,2-5H3/b13-10+/t25?,27-,31?,32+,33-/m1/s1. The van der Waals surface area contributed by atoms with Crippen LogP contribution in [-0.2, 0) is 26.2 Å². The Morgan fingerprint density at radius 2 is 2.08 bits per heavy atom. The van der Waals surface area contributed by atoms with Crippen LogP contribution in [0.1, 0.15) is 48.4 Å². The normalized spacial score (nSPS) is 29.9. The van der Waals surface area contributed by atoms with Gasteiger partial charge in [-0.3, -0.25) is 14.5 Å². The minimum Gasteiger partial charge on any atom is -0.493 e. The van der Waals surface area contributed by atoms with E-state index in [-0.39, 0.29) is 30.1 Å². The van der Waals surface area contributed by atoms with Crippen LogP contribution in [-0.4, -0.2) is 72.7 Å². The van der Waals surface area contributed by atoms with Crippen molar-refractivity contribution in [2.75, 3.05) is 27.2 Å². The third-order valence-corrected chi connectivity index (χ3v) is 9.70. The highest BCUT2D eigenvalue weighted by Crippen LogP contribution is 2.67.